The number of hydrogen-bond donors (Lipinski definition) is 1. The summed E-state index contributed by atoms with van der Waals surface area (Å²) in [7, 11) is 1.64. The lowest BCUT2D eigenvalue weighted by Gasteiger charge is -2.39. The molecule has 10 nitrogen and oxygen atoms in total. The number of nitrogens with one attached hydrogen (secondary N) is 1. The van der Waals surface area contributed by atoms with Crippen molar-refractivity contribution in [3.63, 3.8) is 0 Å². The van der Waals surface area contributed by atoms with Crippen LogP contribution in [0.1, 0.15) is 29.1 Å². The molecular formula is C30H32N4O6. The Labute approximate surface area is 232 Å². The maximum absolute atomic E-state index is 13.4. The molecule has 208 valence electrons. The molecule has 2 aliphatic rings. The zero-order valence-electron chi connectivity index (χ0n) is 22.5. The van der Waals surface area contributed by atoms with Gasteiger partial charge in [-0.15, -0.1) is 0 Å². The van der Waals surface area contributed by atoms with Gasteiger partial charge in [-0.25, -0.2) is 9.59 Å². The van der Waals surface area contributed by atoms with E-state index in [-0.39, 0.29) is 18.5 Å². The van der Waals surface area contributed by atoms with Gasteiger partial charge in [-0.3, -0.25) is 14.6 Å². The molecule has 1 saturated heterocycles. The molecular weight excluding hydrogens is 512 g/mol. The number of amides is 3. The molecule has 1 N–H and O–H groups in total. The van der Waals surface area contributed by atoms with Crippen molar-refractivity contribution in [2.45, 2.75) is 13.0 Å². The normalized spacial score (nSPS) is 17.9. The highest BCUT2D eigenvalue weighted by Gasteiger charge is 2.38. The van der Waals surface area contributed by atoms with E-state index >= 15 is 0 Å². The molecule has 0 bridgehead atoms. The molecule has 3 amide bonds. The van der Waals surface area contributed by atoms with Crippen LogP contribution in [0.5, 0.6) is 11.5 Å². The van der Waals surface area contributed by atoms with Crippen LogP contribution in [0, 0.1) is 0 Å². The summed E-state index contributed by atoms with van der Waals surface area (Å²) in [6.45, 7) is 4.45. The van der Waals surface area contributed by atoms with Gasteiger partial charge in [0, 0.05) is 45.5 Å². The first-order valence-electron chi connectivity index (χ1n) is 13.3. The molecule has 0 aliphatic carbocycles. The number of carbonyl (C=O) groups excluding carboxylic acids is 3. The number of esters is 1. The Hall–Kier alpha value is -4.57. The van der Waals surface area contributed by atoms with E-state index in [1.54, 1.807) is 31.0 Å². The largest absolute Gasteiger partial charge is 0.463 e. The molecule has 2 aromatic carbocycles. The quantitative estimate of drug-likeness (QED) is 0.427. The van der Waals surface area contributed by atoms with Gasteiger partial charge in [-0.2, -0.15) is 0 Å². The Balaban J connectivity index is 1.40. The number of piperazine rings is 1. The van der Waals surface area contributed by atoms with E-state index in [1.165, 1.54) is 11.2 Å². The van der Waals surface area contributed by atoms with Crippen molar-refractivity contribution in [2.75, 3.05) is 46.4 Å². The topological polar surface area (TPSA) is 105 Å². The van der Waals surface area contributed by atoms with Crippen LogP contribution in [-0.4, -0.2) is 79.0 Å². The number of rotatable bonds is 8. The van der Waals surface area contributed by atoms with Crippen LogP contribution in [0.4, 0.5) is 4.79 Å². The third kappa shape index (κ3) is 5.86. The maximum atomic E-state index is 13.4. The predicted octanol–water partition coefficient (Wildman–Crippen LogP) is 4.04. The molecule has 0 radical (unpaired) electrons. The molecule has 10 heteroatoms. The zero-order chi connectivity index (χ0) is 28.1. The van der Waals surface area contributed by atoms with Crippen molar-refractivity contribution >= 4 is 17.9 Å². The maximum Gasteiger partial charge on any atom is 0.338 e. The van der Waals surface area contributed by atoms with Crippen molar-refractivity contribution in [3.05, 3.63) is 95.6 Å². The fourth-order valence-electron chi connectivity index (χ4n) is 4.91. The summed E-state index contributed by atoms with van der Waals surface area (Å²) >= 11 is 0. The average molecular weight is 545 g/mol. The smallest absolute Gasteiger partial charge is 0.338 e. The van der Waals surface area contributed by atoms with Crippen LogP contribution in [0.15, 0.2) is 88.7 Å². The zero-order valence-corrected chi connectivity index (χ0v) is 22.5. The molecule has 2 aliphatic heterocycles. The second-order valence-electron chi connectivity index (χ2n) is 9.56. The molecule has 1 unspecified atom stereocenters. The molecule has 3 heterocycles. The molecule has 1 fully saturated rings. The van der Waals surface area contributed by atoms with Gasteiger partial charge >= 0.3 is 12.0 Å². The summed E-state index contributed by atoms with van der Waals surface area (Å²) in [5.41, 5.74) is 1.63. The first kappa shape index (κ1) is 27.0. The number of hydrogen-bond acceptors (Lipinski definition) is 7. The van der Waals surface area contributed by atoms with Crippen LogP contribution >= 0.6 is 0 Å². The number of urea groups is 1. The minimum atomic E-state index is -0.723. The van der Waals surface area contributed by atoms with E-state index < -0.39 is 12.0 Å². The van der Waals surface area contributed by atoms with Crippen molar-refractivity contribution in [3.8, 4) is 11.5 Å². The summed E-state index contributed by atoms with van der Waals surface area (Å²) in [6, 6.07) is 19.0. The van der Waals surface area contributed by atoms with Gasteiger partial charge in [0.15, 0.2) is 5.76 Å². The van der Waals surface area contributed by atoms with E-state index in [4.69, 9.17) is 13.9 Å². The Kier molecular flexibility index (Phi) is 8.16. The fraction of sp³-hybridized carbons (Fsp3) is 0.300. The van der Waals surface area contributed by atoms with Crippen molar-refractivity contribution in [1.29, 1.82) is 0 Å². The first-order valence-corrected chi connectivity index (χ1v) is 13.3. The lowest BCUT2D eigenvalue weighted by atomic mass is 9.94. The molecule has 0 saturated carbocycles. The first-order chi connectivity index (χ1) is 19.4. The van der Waals surface area contributed by atoms with Gasteiger partial charge in [0.25, 0.3) is 5.91 Å². The van der Waals surface area contributed by atoms with E-state index in [9.17, 15) is 14.4 Å². The van der Waals surface area contributed by atoms with Crippen LogP contribution < -0.4 is 10.1 Å². The second-order valence-corrected chi connectivity index (χ2v) is 9.56. The summed E-state index contributed by atoms with van der Waals surface area (Å²) in [6.07, 6.45) is 1.48. The summed E-state index contributed by atoms with van der Waals surface area (Å²) < 4.78 is 16.7. The Morgan fingerprint density at radius 3 is 2.42 bits per heavy atom. The van der Waals surface area contributed by atoms with Gasteiger partial charge in [-0.05, 0) is 48.9 Å². The van der Waals surface area contributed by atoms with Crippen LogP contribution in [-0.2, 0) is 9.53 Å². The molecule has 5 rings (SSSR count). The van der Waals surface area contributed by atoms with Crippen LogP contribution in [0.25, 0.3) is 0 Å². The molecule has 1 aromatic heterocycles. The Morgan fingerprint density at radius 2 is 1.73 bits per heavy atom. The Bertz CT molecular complexity index is 1380. The Morgan fingerprint density at radius 1 is 0.975 bits per heavy atom. The van der Waals surface area contributed by atoms with E-state index in [1.807, 2.05) is 54.6 Å². The van der Waals surface area contributed by atoms with Crippen LogP contribution in [0.2, 0.25) is 0 Å². The number of nitrogens with zero attached hydrogens (tertiary/aromatic N) is 3. The number of ether oxygens (including phenoxy) is 2. The highest BCUT2D eigenvalue weighted by Crippen LogP contribution is 2.34. The number of carbonyl (C=O) groups is 3. The summed E-state index contributed by atoms with van der Waals surface area (Å²) in [5.74, 6) is 0.932. The summed E-state index contributed by atoms with van der Waals surface area (Å²) in [4.78, 5) is 44.5. The summed E-state index contributed by atoms with van der Waals surface area (Å²) in [5, 5.41) is 2.96. The molecule has 3 aromatic rings. The SMILES string of the molecule is CCOC(=O)C1=C(CN2CCN(C(=O)c3ccco3)CC2)N(C)C(=O)NC1c1cccc(Oc2ccccc2)c1. The number of likely N-dealkylation sites (N-methyl/N-ethyl adjacent to an activating group) is 1. The molecule has 1 atom stereocenters. The number of benzene rings is 2. The fourth-order valence-corrected chi connectivity index (χ4v) is 4.91. The minimum absolute atomic E-state index is 0.150. The number of furan rings is 1. The highest BCUT2D eigenvalue weighted by molar-refractivity contribution is 5.95. The van der Waals surface area contributed by atoms with Crippen molar-refractivity contribution in [2.24, 2.45) is 0 Å². The molecule has 0 spiro atoms. The second kappa shape index (κ2) is 12.1. The lowest BCUT2D eigenvalue weighted by Crippen LogP contribution is -2.53. The standard InChI is InChI=1S/C30H32N4O6/c1-3-38-29(36)26-24(20-33-14-16-34(17-15-33)28(35)25-13-8-18-39-25)32(2)30(37)31-27(26)21-9-7-12-23(19-21)40-22-10-5-4-6-11-22/h4-13,18-19,27H,3,14-17,20H2,1-2H3,(H,31,37). The van der Waals surface area contributed by atoms with Crippen molar-refractivity contribution in [1.82, 2.24) is 20.0 Å². The third-order valence-corrected chi connectivity index (χ3v) is 7.01. The van der Waals surface area contributed by atoms with E-state index in [0.29, 0.717) is 66.8 Å². The van der Waals surface area contributed by atoms with Gasteiger partial charge in [0.2, 0.25) is 0 Å². The lowest BCUT2D eigenvalue weighted by molar-refractivity contribution is -0.139. The minimum Gasteiger partial charge on any atom is -0.463 e. The van der Waals surface area contributed by atoms with E-state index in [0.717, 1.165) is 0 Å². The monoisotopic (exact) mass is 544 g/mol. The van der Waals surface area contributed by atoms with E-state index in [2.05, 4.69) is 10.2 Å². The highest BCUT2D eigenvalue weighted by atomic mass is 16.5. The van der Waals surface area contributed by atoms with Gasteiger partial charge in [0.05, 0.1) is 24.5 Å². The number of para-hydroxylation sites is 1. The van der Waals surface area contributed by atoms with Gasteiger partial charge in [-0.1, -0.05) is 30.3 Å². The molecule has 40 heavy (non-hydrogen) atoms. The third-order valence-electron chi connectivity index (χ3n) is 7.01. The average Bonchev–Trinajstić information content (AvgIpc) is 3.51. The van der Waals surface area contributed by atoms with Crippen LogP contribution in [0.3, 0.4) is 0 Å². The van der Waals surface area contributed by atoms with Gasteiger partial charge in [0.1, 0.15) is 11.5 Å². The van der Waals surface area contributed by atoms with Crippen molar-refractivity contribution < 1.29 is 28.3 Å². The predicted molar refractivity (Wildman–Crippen MR) is 147 cm³/mol. The van der Waals surface area contributed by atoms with Gasteiger partial charge < -0.3 is 24.1 Å².